The molecule has 0 unspecified atom stereocenters. The smallest absolute Gasteiger partial charge is 0.269 e. The fourth-order valence-corrected chi connectivity index (χ4v) is 5.47. The average molecular weight is 503 g/mol. The number of nitro benzene ring substituents is 1. The van der Waals surface area contributed by atoms with Crippen LogP contribution in [0.5, 0.6) is 0 Å². The summed E-state index contributed by atoms with van der Waals surface area (Å²) >= 11 is 0. The third-order valence-electron chi connectivity index (χ3n) is 7.20. The van der Waals surface area contributed by atoms with E-state index in [0.29, 0.717) is 39.1 Å². The molecule has 0 aromatic heterocycles. The molecular formula is C25H38N6O5. The van der Waals surface area contributed by atoms with E-state index in [1.807, 2.05) is 13.8 Å². The van der Waals surface area contributed by atoms with Crippen molar-refractivity contribution in [1.82, 2.24) is 20.4 Å². The number of morpholine rings is 1. The van der Waals surface area contributed by atoms with Crippen LogP contribution in [-0.4, -0.2) is 104 Å². The lowest BCUT2D eigenvalue weighted by Gasteiger charge is -2.49. The molecule has 2 amide bonds. The van der Waals surface area contributed by atoms with Gasteiger partial charge in [-0.1, -0.05) is 0 Å². The Morgan fingerprint density at radius 1 is 1.17 bits per heavy atom. The summed E-state index contributed by atoms with van der Waals surface area (Å²) in [4.78, 5) is 43.4. The number of fused-ring (bicyclic) bond motifs is 3. The molecule has 4 rings (SSSR count). The van der Waals surface area contributed by atoms with Crippen LogP contribution in [-0.2, 0) is 20.7 Å². The van der Waals surface area contributed by atoms with Gasteiger partial charge in [0, 0.05) is 63.1 Å². The second-order valence-corrected chi connectivity index (χ2v) is 10.2. The maximum absolute atomic E-state index is 13.4. The van der Waals surface area contributed by atoms with Gasteiger partial charge in [0.15, 0.2) is 0 Å². The van der Waals surface area contributed by atoms with Crippen LogP contribution >= 0.6 is 0 Å². The van der Waals surface area contributed by atoms with Crippen molar-refractivity contribution < 1.29 is 19.2 Å². The number of ether oxygens (including phenoxy) is 1. The fraction of sp³-hybridized carbons (Fsp3) is 0.680. The van der Waals surface area contributed by atoms with E-state index in [4.69, 9.17) is 4.74 Å². The molecule has 2 fully saturated rings. The number of amides is 2. The number of rotatable bonds is 9. The highest BCUT2D eigenvalue weighted by Crippen LogP contribution is 2.37. The van der Waals surface area contributed by atoms with Gasteiger partial charge in [0.25, 0.3) is 5.69 Å². The van der Waals surface area contributed by atoms with E-state index in [1.54, 1.807) is 12.1 Å². The number of hydrogen-bond acceptors (Lipinski definition) is 8. The zero-order valence-electron chi connectivity index (χ0n) is 21.3. The van der Waals surface area contributed by atoms with Gasteiger partial charge in [0.05, 0.1) is 36.6 Å². The molecule has 0 spiro atoms. The van der Waals surface area contributed by atoms with Crippen molar-refractivity contribution in [3.05, 3.63) is 33.9 Å². The minimum Gasteiger partial charge on any atom is -0.379 e. The highest BCUT2D eigenvalue weighted by atomic mass is 16.6. The second-order valence-electron chi connectivity index (χ2n) is 10.2. The van der Waals surface area contributed by atoms with E-state index >= 15 is 0 Å². The largest absolute Gasteiger partial charge is 0.379 e. The van der Waals surface area contributed by atoms with Crippen molar-refractivity contribution in [2.24, 2.45) is 5.92 Å². The summed E-state index contributed by atoms with van der Waals surface area (Å²) < 4.78 is 5.39. The minimum absolute atomic E-state index is 0.0191. The molecule has 1 aromatic carbocycles. The molecule has 2 N–H and O–H groups in total. The van der Waals surface area contributed by atoms with Gasteiger partial charge in [-0.3, -0.25) is 29.5 Å². The average Bonchev–Trinajstić information content (AvgIpc) is 2.85. The van der Waals surface area contributed by atoms with Gasteiger partial charge in [-0.15, -0.1) is 0 Å². The predicted molar refractivity (Wildman–Crippen MR) is 136 cm³/mol. The molecule has 3 aliphatic rings. The van der Waals surface area contributed by atoms with Crippen LogP contribution in [0, 0.1) is 16.0 Å². The number of benzene rings is 1. The van der Waals surface area contributed by atoms with Gasteiger partial charge in [0.1, 0.15) is 0 Å². The number of anilines is 1. The molecule has 1 aromatic rings. The molecule has 0 saturated carbocycles. The molecule has 36 heavy (non-hydrogen) atoms. The number of piperazine rings is 1. The molecule has 11 heteroatoms. The van der Waals surface area contributed by atoms with E-state index < -0.39 is 4.92 Å². The first-order valence-corrected chi connectivity index (χ1v) is 13.0. The van der Waals surface area contributed by atoms with Crippen molar-refractivity contribution in [1.29, 1.82) is 0 Å². The normalized spacial score (nSPS) is 22.6. The lowest BCUT2D eigenvalue weighted by atomic mass is 9.83. The molecule has 198 valence electrons. The van der Waals surface area contributed by atoms with E-state index in [2.05, 4.69) is 25.3 Å². The van der Waals surface area contributed by atoms with E-state index in [0.717, 1.165) is 50.5 Å². The zero-order chi connectivity index (χ0) is 25.7. The van der Waals surface area contributed by atoms with Crippen LogP contribution in [0.25, 0.3) is 0 Å². The van der Waals surface area contributed by atoms with E-state index in [9.17, 15) is 19.7 Å². The maximum Gasteiger partial charge on any atom is 0.269 e. The van der Waals surface area contributed by atoms with Crippen molar-refractivity contribution in [3.63, 3.8) is 0 Å². The minimum atomic E-state index is -0.391. The SMILES string of the molecule is CC(C)NC(=O)CN1CCN2c3ccc([N+](=O)[O-])cc3C[C@H](C(=O)NCCCN3CCOCC3)[C@H]2C1. The standard InChI is InChI=1S/C25H38N6O5/c1-18(2)27-24(32)17-29-8-9-30-22-5-4-20(31(34)35)14-19(22)15-21(23(30)16-29)25(33)26-6-3-7-28-10-12-36-13-11-28/h4-5,14,18,21,23H,3,6-13,15-17H2,1-2H3,(H,26,33)(H,27,32)/t21-,23+/m0/s1. The molecule has 0 aliphatic carbocycles. The summed E-state index contributed by atoms with van der Waals surface area (Å²) in [5.41, 5.74) is 1.83. The summed E-state index contributed by atoms with van der Waals surface area (Å²) in [6.07, 6.45) is 1.30. The molecule has 2 saturated heterocycles. The molecule has 2 atom stereocenters. The molecule has 11 nitrogen and oxygen atoms in total. The molecule has 3 aliphatic heterocycles. The number of carbonyl (C=O) groups is 2. The van der Waals surface area contributed by atoms with Crippen LogP contribution in [0.4, 0.5) is 11.4 Å². The quantitative estimate of drug-likeness (QED) is 0.287. The van der Waals surface area contributed by atoms with Gasteiger partial charge in [-0.05, 0) is 44.9 Å². The van der Waals surface area contributed by atoms with Crippen molar-refractivity contribution in [2.75, 3.05) is 70.5 Å². The first-order chi connectivity index (χ1) is 17.3. The zero-order valence-corrected chi connectivity index (χ0v) is 21.3. The van der Waals surface area contributed by atoms with Crippen molar-refractivity contribution in [3.8, 4) is 0 Å². The Balaban J connectivity index is 1.44. The molecule has 0 bridgehead atoms. The van der Waals surface area contributed by atoms with Gasteiger partial charge in [0.2, 0.25) is 11.8 Å². The molecule has 0 radical (unpaired) electrons. The van der Waals surface area contributed by atoms with Gasteiger partial charge in [-0.25, -0.2) is 0 Å². The summed E-state index contributed by atoms with van der Waals surface area (Å²) in [5.74, 6) is -0.397. The molecule has 3 heterocycles. The predicted octanol–water partition coefficient (Wildman–Crippen LogP) is 0.621. The monoisotopic (exact) mass is 502 g/mol. The number of nitro groups is 1. The van der Waals surface area contributed by atoms with Crippen LogP contribution < -0.4 is 15.5 Å². The first-order valence-electron chi connectivity index (χ1n) is 13.0. The lowest BCUT2D eigenvalue weighted by Crippen LogP contribution is -2.62. The first kappa shape index (κ1) is 26.3. The number of nitrogens with one attached hydrogen (secondary N) is 2. The van der Waals surface area contributed by atoms with Crippen molar-refractivity contribution in [2.45, 2.75) is 38.8 Å². The number of hydrogen-bond donors (Lipinski definition) is 2. The van der Waals surface area contributed by atoms with Crippen molar-refractivity contribution >= 4 is 23.2 Å². The summed E-state index contributed by atoms with van der Waals surface area (Å²) in [6, 6.07) is 4.92. The topological polar surface area (TPSA) is 120 Å². The highest BCUT2D eigenvalue weighted by Gasteiger charge is 2.42. The Bertz CT molecular complexity index is 951. The third-order valence-corrected chi connectivity index (χ3v) is 7.20. The maximum atomic E-state index is 13.4. The van der Waals surface area contributed by atoms with Gasteiger partial charge >= 0.3 is 0 Å². The summed E-state index contributed by atoms with van der Waals surface area (Å²) in [6.45, 7) is 11.0. The van der Waals surface area contributed by atoms with Gasteiger partial charge < -0.3 is 20.3 Å². The van der Waals surface area contributed by atoms with E-state index in [-0.39, 0.29) is 35.5 Å². The van der Waals surface area contributed by atoms with Gasteiger partial charge in [-0.2, -0.15) is 0 Å². The number of nitrogens with zero attached hydrogens (tertiary/aromatic N) is 4. The van der Waals surface area contributed by atoms with Crippen LogP contribution in [0.3, 0.4) is 0 Å². The van der Waals surface area contributed by atoms with Crippen LogP contribution in [0.15, 0.2) is 18.2 Å². The number of carbonyl (C=O) groups excluding carboxylic acids is 2. The Kier molecular flexibility index (Phi) is 8.76. The second kappa shape index (κ2) is 12.0. The Morgan fingerprint density at radius 3 is 2.67 bits per heavy atom. The fourth-order valence-electron chi connectivity index (χ4n) is 5.47. The third kappa shape index (κ3) is 6.51. The summed E-state index contributed by atoms with van der Waals surface area (Å²) in [7, 11) is 0. The Labute approximate surface area is 212 Å². The Morgan fingerprint density at radius 2 is 1.94 bits per heavy atom. The lowest BCUT2D eigenvalue weighted by molar-refractivity contribution is -0.384. The number of non-ortho nitro benzene ring substituents is 1. The van der Waals surface area contributed by atoms with Crippen LogP contribution in [0.2, 0.25) is 0 Å². The molecular weight excluding hydrogens is 464 g/mol. The Hall–Kier alpha value is -2.76. The summed E-state index contributed by atoms with van der Waals surface area (Å²) in [5, 5.41) is 17.4. The highest BCUT2D eigenvalue weighted by molar-refractivity contribution is 5.82. The van der Waals surface area contributed by atoms with Crippen LogP contribution in [0.1, 0.15) is 25.8 Å². The van der Waals surface area contributed by atoms with E-state index in [1.165, 1.54) is 6.07 Å².